The zero-order chi connectivity index (χ0) is 15.8. The molecule has 2 aromatic carbocycles. The fraction of sp³-hybridized carbons (Fsp3) is 0.235. The summed E-state index contributed by atoms with van der Waals surface area (Å²) in [4.78, 5) is 4.36. The van der Waals surface area contributed by atoms with Crippen molar-refractivity contribution in [1.29, 1.82) is 0 Å². The van der Waals surface area contributed by atoms with Crippen LogP contribution in [-0.2, 0) is 20.2 Å². The van der Waals surface area contributed by atoms with Gasteiger partial charge in [0.2, 0.25) is 15.2 Å². The Hall–Kier alpha value is -2.14. The molecule has 2 aromatic rings. The summed E-state index contributed by atoms with van der Waals surface area (Å²) in [6.45, 7) is 3.67. The molecule has 0 bridgehead atoms. The van der Waals surface area contributed by atoms with Crippen LogP contribution in [0.25, 0.3) is 0 Å². The largest absolute Gasteiger partial charge is 0.469 e. The lowest BCUT2D eigenvalue weighted by Crippen LogP contribution is -2.39. The molecule has 0 N–H and O–H groups in total. The Labute approximate surface area is 130 Å². The average molecular weight is 315 g/mol. The first-order chi connectivity index (χ1) is 10.4. The second-order valence-electron chi connectivity index (χ2n) is 5.56. The highest BCUT2D eigenvalue weighted by molar-refractivity contribution is 7.92. The maximum atomic E-state index is 12.9. The second kappa shape index (κ2) is 5.25. The van der Waals surface area contributed by atoms with E-state index in [1.165, 1.54) is 6.40 Å². The monoisotopic (exact) mass is 315 g/mol. The first-order valence-electron chi connectivity index (χ1n) is 7.00. The molecule has 0 fully saturated rings. The van der Waals surface area contributed by atoms with E-state index in [0.717, 1.165) is 11.1 Å². The Kier molecular flexibility index (Phi) is 3.53. The van der Waals surface area contributed by atoms with Gasteiger partial charge >= 0.3 is 0 Å². The molecular formula is C17H17NO3S. The van der Waals surface area contributed by atoms with Gasteiger partial charge in [0, 0.05) is 0 Å². The van der Waals surface area contributed by atoms with Gasteiger partial charge in [-0.15, -0.1) is 0 Å². The van der Waals surface area contributed by atoms with Gasteiger partial charge in [0.05, 0.1) is 4.90 Å². The molecule has 0 unspecified atom stereocenters. The van der Waals surface area contributed by atoms with Gasteiger partial charge in [-0.05, 0) is 31.5 Å². The predicted octanol–water partition coefficient (Wildman–Crippen LogP) is 3.07. The normalized spacial score (nSPS) is 24.2. The minimum absolute atomic E-state index is 0.257. The first-order valence-corrected chi connectivity index (χ1v) is 8.55. The molecule has 5 heteroatoms. The van der Waals surface area contributed by atoms with Crippen LogP contribution in [0.3, 0.4) is 0 Å². The number of hydrogen-bond acceptors (Lipinski definition) is 4. The van der Waals surface area contributed by atoms with Crippen molar-refractivity contribution in [2.24, 2.45) is 4.99 Å². The maximum absolute atomic E-state index is 12.9. The van der Waals surface area contributed by atoms with Crippen LogP contribution < -0.4 is 0 Å². The number of aliphatic imine (C=N–C) groups is 1. The lowest BCUT2D eigenvalue weighted by molar-refractivity contribution is 0.103. The van der Waals surface area contributed by atoms with E-state index in [0.29, 0.717) is 0 Å². The molecule has 0 saturated carbocycles. The molecule has 3 rings (SSSR count). The summed E-state index contributed by atoms with van der Waals surface area (Å²) in [6, 6.07) is 16.1. The van der Waals surface area contributed by atoms with Crippen LogP contribution in [0, 0.1) is 6.92 Å². The Balaban J connectivity index is 2.06. The fourth-order valence-electron chi connectivity index (χ4n) is 2.61. The molecule has 0 spiro atoms. The van der Waals surface area contributed by atoms with E-state index in [9.17, 15) is 8.42 Å². The Bertz CT molecular complexity index is 798. The molecule has 1 aliphatic heterocycles. The SMILES string of the molecule is Cc1ccc(S(=O)(=O)[C@@H]2N=CO[C@@]2(C)c2ccccc2)cc1. The minimum Gasteiger partial charge on any atom is -0.469 e. The lowest BCUT2D eigenvalue weighted by Gasteiger charge is -2.29. The molecule has 1 heterocycles. The number of sulfone groups is 1. The van der Waals surface area contributed by atoms with Gasteiger partial charge in [0.25, 0.3) is 0 Å². The number of hydrogen-bond donors (Lipinski definition) is 0. The molecule has 2 atom stereocenters. The molecule has 22 heavy (non-hydrogen) atoms. The summed E-state index contributed by atoms with van der Waals surface area (Å²) in [5.41, 5.74) is 0.773. The summed E-state index contributed by atoms with van der Waals surface area (Å²) in [6.07, 6.45) is 1.24. The number of ether oxygens (including phenoxy) is 1. The molecule has 1 aliphatic rings. The topological polar surface area (TPSA) is 55.7 Å². The molecule has 0 amide bonds. The van der Waals surface area contributed by atoms with Crippen LogP contribution in [0.1, 0.15) is 18.1 Å². The molecule has 114 valence electrons. The third-order valence-electron chi connectivity index (χ3n) is 3.96. The van der Waals surface area contributed by atoms with Gasteiger partial charge in [-0.3, -0.25) is 0 Å². The van der Waals surface area contributed by atoms with Crippen molar-refractivity contribution in [3.8, 4) is 0 Å². The van der Waals surface area contributed by atoms with Crippen molar-refractivity contribution in [3.63, 3.8) is 0 Å². The number of aryl methyl sites for hydroxylation is 1. The highest BCUT2D eigenvalue weighted by atomic mass is 32.2. The Morgan fingerprint density at radius 3 is 2.32 bits per heavy atom. The van der Waals surface area contributed by atoms with Gasteiger partial charge in [-0.1, -0.05) is 48.0 Å². The summed E-state index contributed by atoms with van der Waals surface area (Å²) in [5, 5.41) is -0.995. The highest BCUT2D eigenvalue weighted by Gasteiger charge is 2.49. The van der Waals surface area contributed by atoms with Crippen molar-refractivity contribution in [2.45, 2.75) is 29.7 Å². The maximum Gasteiger partial charge on any atom is 0.205 e. The smallest absolute Gasteiger partial charge is 0.205 e. The van der Waals surface area contributed by atoms with E-state index in [-0.39, 0.29) is 4.90 Å². The Morgan fingerprint density at radius 2 is 1.68 bits per heavy atom. The van der Waals surface area contributed by atoms with Gasteiger partial charge in [0.1, 0.15) is 0 Å². The summed E-state index contributed by atoms with van der Waals surface area (Å²) >= 11 is 0. The van der Waals surface area contributed by atoms with E-state index in [2.05, 4.69) is 4.99 Å². The summed E-state index contributed by atoms with van der Waals surface area (Å²) < 4.78 is 31.5. The van der Waals surface area contributed by atoms with Crippen LogP contribution in [0.2, 0.25) is 0 Å². The minimum atomic E-state index is -3.63. The van der Waals surface area contributed by atoms with Crippen molar-refractivity contribution < 1.29 is 13.2 Å². The highest BCUT2D eigenvalue weighted by Crippen LogP contribution is 2.39. The number of rotatable bonds is 3. The number of nitrogens with zero attached hydrogens (tertiary/aromatic N) is 1. The van der Waals surface area contributed by atoms with Crippen LogP contribution in [0.4, 0.5) is 0 Å². The molecule has 0 radical (unpaired) electrons. The van der Waals surface area contributed by atoms with Gasteiger partial charge in [-0.2, -0.15) is 0 Å². The van der Waals surface area contributed by atoms with Crippen molar-refractivity contribution in [2.75, 3.05) is 0 Å². The van der Waals surface area contributed by atoms with Crippen LogP contribution in [-0.4, -0.2) is 20.2 Å². The third-order valence-corrected chi connectivity index (χ3v) is 6.04. The lowest BCUT2D eigenvalue weighted by atomic mass is 9.96. The zero-order valence-electron chi connectivity index (χ0n) is 12.4. The summed E-state index contributed by atoms with van der Waals surface area (Å²) in [7, 11) is -3.63. The zero-order valence-corrected chi connectivity index (χ0v) is 13.2. The predicted molar refractivity (Wildman–Crippen MR) is 85.5 cm³/mol. The van der Waals surface area contributed by atoms with E-state index < -0.39 is 20.8 Å². The van der Waals surface area contributed by atoms with E-state index in [4.69, 9.17) is 4.74 Å². The van der Waals surface area contributed by atoms with Crippen molar-refractivity contribution in [3.05, 3.63) is 65.7 Å². The third kappa shape index (κ3) is 2.31. The Morgan fingerprint density at radius 1 is 1.05 bits per heavy atom. The van der Waals surface area contributed by atoms with E-state index >= 15 is 0 Å². The van der Waals surface area contributed by atoms with E-state index in [1.807, 2.05) is 37.3 Å². The molecule has 4 nitrogen and oxygen atoms in total. The van der Waals surface area contributed by atoms with Crippen molar-refractivity contribution >= 4 is 16.2 Å². The quantitative estimate of drug-likeness (QED) is 0.874. The van der Waals surface area contributed by atoms with Crippen LogP contribution in [0.5, 0.6) is 0 Å². The molecule has 0 saturated heterocycles. The fourth-order valence-corrected chi connectivity index (χ4v) is 4.38. The van der Waals surface area contributed by atoms with Gasteiger partial charge in [-0.25, -0.2) is 13.4 Å². The molecule has 0 aromatic heterocycles. The van der Waals surface area contributed by atoms with E-state index in [1.54, 1.807) is 31.2 Å². The molecular weight excluding hydrogens is 298 g/mol. The van der Waals surface area contributed by atoms with Crippen molar-refractivity contribution in [1.82, 2.24) is 0 Å². The van der Waals surface area contributed by atoms with Gasteiger partial charge < -0.3 is 4.74 Å². The van der Waals surface area contributed by atoms with Gasteiger partial charge in [0.15, 0.2) is 12.0 Å². The van der Waals surface area contributed by atoms with Crippen LogP contribution >= 0.6 is 0 Å². The average Bonchev–Trinajstić information content (AvgIpc) is 2.93. The first kappa shape index (κ1) is 14.8. The van der Waals surface area contributed by atoms with Crippen LogP contribution in [0.15, 0.2) is 64.5 Å². The standard InChI is InChI=1S/C17H17NO3S/c1-13-8-10-15(11-9-13)22(19,20)16-17(2,21-12-18-16)14-6-4-3-5-7-14/h3-12,16H,1-2H3/t16-,17-/m0/s1. The second-order valence-corrected chi connectivity index (χ2v) is 7.56. The summed E-state index contributed by atoms with van der Waals surface area (Å²) in [5.74, 6) is 0. The molecule has 0 aliphatic carbocycles. The number of benzene rings is 2.